The van der Waals surface area contributed by atoms with Gasteiger partial charge in [0.15, 0.2) is 6.10 Å². The summed E-state index contributed by atoms with van der Waals surface area (Å²) in [7, 11) is 1.57. The number of ether oxygens (including phenoxy) is 2. The lowest BCUT2D eigenvalue weighted by Gasteiger charge is -2.12. The van der Waals surface area contributed by atoms with Gasteiger partial charge < -0.3 is 14.8 Å². The predicted molar refractivity (Wildman–Crippen MR) is 92.7 cm³/mol. The number of rotatable bonds is 6. The highest BCUT2D eigenvalue weighted by atomic mass is 16.5. The number of anilines is 1. The Morgan fingerprint density at radius 1 is 1.08 bits per heavy atom. The van der Waals surface area contributed by atoms with Crippen LogP contribution in [0.5, 0.6) is 5.75 Å². The van der Waals surface area contributed by atoms with Crippen molar-refractivity contribution in [3.63, 3.8) is 0 Å². The molecule has 0 saturated heterocycles. The van der Waals surface area contributed by atoms with Gasteiger partial charge in [-0.2, -0.15) is 0 Å². The molecule has 2 aromatic carbocycles. The number of nitrogens with one attached hydrogen (secondary N) is 1. The molecular weight excluding hydrogens is 306 g/mol. The summed E-state index contributed by atoms with van der Waals surface area (Å²) in [5.74, 6) is -0.279. The fourth-order valence-corrected chi connectivity index (χ4v) is 1.94. The van der Waals surface area contributed by atoms with Crippen LogP contribution in [-0.4, -0.2) is 25.1 Å². The van der Waals surface area contributed by atoms with E-state index in [1.165, 1.54) is 13.0 Å². The van der Waals surface area contributed by atoms with Crippen molar-refractivity contribution in [1.29, 1.82) is 0 Å². The van der Waals surface area contributed by atoms with Gasteiger partial charge in [0.2, 0.25) is 0 Å². The first-order valence-electron chi connectivity index (χ1n) is 7.47. The minimum Gasteiger partial charge on any atom is -0.497 e. The Kier molecular flexibility index (Phi) is 6.14. The van der Waals surface area contributed by atoms with Crippen molar-refractivity contribution in [1.82, 2.24) is 0 Å². The predicted octanol–water partition coefficient (Wildman–Crippen LogP) is 3.28. The van der Waals surface area contributed by atoms with Crippen LogP contribution in [0.2, 0.25) is 0 Å². The lowest BCUT2D eigenvalue weighted by Crippen LogP contribution is -2.29. The number of esters is 1. The molecule has 5 nitrogen and oxygen atoms in total. The smallest absolute Gasteiger partial charge is 0.331 e. The van der Waals surface area contributed by atoms with Gasteiger partial charge in [-0.1, -0.05) is 30.3 Å². The monoisotopic (exact) mass is 325 g/mol. The molecule has 0 heterocycles. The Bertz CT molecular complexity index is 725. The first-order valence-corrected chi connectivity index (χ1v) is 7.47. The van der Waals surface area contributed by atoms with E-state index in [0.717, 1.165) is 5.56 Å². The zero-order valence-electron chi connectivity index (χ0n) is 13.6. The molecule has 1 atom stereocenters. The molecule has 0 aliphatic heterocycles. The molecule has 0 aliphatic carbocycles. The first-order chi connectivity index (χ1) is 11.6. The number of carbonyl (C=O) groups is 2. The van der Waals surface area contributed by atoms with E-state index in [-0.39, 0.29) is 5.91 Å². The lowest BCUT2D eigenvalue weighted by atomic mass is 10.2. The third-order valence-corrected chi connectivity index (χ3v) is 3.21. The normalized spacial score (nSPS) is 11.8. The van der Waals surface area contributed by atoms with Crippen molar-refractivity contribution in [3.8, 4) is 5.75 Å². The third-order valence-electron chi connectivity index (χ3n) is 3.21. The van der Waals surface area contributed by atoms with Crippen LogP contribution < -0.4 is 10.1 Å². The summed E-state index contributed by atoms with van der Waals surface area (Å²) in [6.45, 7) is 1.52. The Hall–Kier alpha value is -3.08. The summed E-state index contributed by atoms with van der Waals surface area (Å²) in [5.41, 5.74) is 1.45. The number of amides is 1. The van der Waals surface area contributed by atoms with Gasteiger partial charge in [0, 0.05) is 11.8 Å². The van der Waals surface area contributed by atoms with Crippen molar-refractivity contribution in [2.24, 2.45) is 0 Å². The van der Waals surface area contributed by atoms with E-state index in [2.05, 4.69) is 5.32 Å². The highest BCUT2D eigenvalue weighted by Gasteiger charge is 2.16. The van der Waals surface area contributed by atoms with Crippen LogP contribution in [0, 0.1) is 0 Å². The maximum Gasteiger partial charge on any atom is 0.331 e. The fraction of sp³-hybridized carbons (Fsp3) is 0.158. The number of para-hydroxylation sites is 1. The molecule has 1 amide bonds. The van der Waals surface area contributed by atoms with Crippen LogP contribution >= 0.6 is 0 Å². The van der Waals surface area contributed by atoms with E-state index in [1.807, 2.05) is 36.4 Å². The quantitative estimate of drug-likeness (QED) is 0.654. The largest absolute Gasteiger partial charge is 0.497 e. The second-order valence-corrected chi connectivity index (χ2v) is 5.04. The van der Waals surface area contributed by atoms with E-state index in [1.54, 1.807) is 31.4 Å². The third kappa shape index (κ3) is 5.28. The van der Waals surface area contributed by atoms with E-state index in [0.29, 0.717) is 11.4 Å². The van der Waals surface area contributed by atoms with Gasteiger partial charge in [-0.15, -0.1) is 0 Å². The summed E-state index contributed by atoms with van der Waals surface area (Å²) in [6, 6.07) is 16.2. The molecule has 0 aliphatic rings. The van der Waals surface area contributed by atoms with Gasteiger partial charge in [0.05, 0.1) is 7.11 Å². The van der Waals surface area contributed by atoms with Crippen molar-refractivity contribution < 1.29 is 19.1 Å². The van der Waals surface area contributed by atoms with Gasteiger partial charge in [-0.05, 0) is 42.8 Å². The maximum atomic E-state index is 12.0. The Balaban J connectivity index is 1.88. The number of hydrogen-bond acceptors (Lipinski definition) is 4. The maximum absolute atomic E-state index is 12.0. The van der Waals surface area contributed by atoms with Gasteiger partial charge in [0.25, 0.3) is 5.91 Å². The van der Waals surface area contributed by atoms with Gasteiger partial charge in [-0.3, -0.25) is 4.79 Å². The van der Waals surface area contributed by atoms with Crippen molar-refractivity contribution in [3.05, 3.63) is 66.2 Å². The molecule has 1 unspecified atom stereocenters. The fourth-order valence-electron chi connectivity index (χ4n) is 1.94. The second-order valence-electron chi connectivity index (χ2n) is 5.04. The van der Waals surface area contributed by atoms with E-state index in [4.69, 9.17) is 9.47 Å². The summed E-state index contributed by atoms with van der Waals surface area (Å²) in [4.78, 5) is 23.8. The number of hydrogen-bond donors (Lipinski definition) is 1. The number of carbonyl (C=O) groups excluding carboxylic acids is 2. The Labute approximate surface area is 140 Å². The summed E-state index contributed by atoms with van der Waals surface area (Å²) in [5, 5.41) is 2.68. The summed E-state index contributed by atoms with van der Waals surface area (Å²) < 4.78 is 10.2. The molecule has 0 radical (unpaired) electrons. The minimum atomic E-state index is -0.896. The SMILES string of the molecule is COc1cccc(/C=C/C(=O)OC(C)C(=O)Nc2ccccc2)c1. The topological polar surface area (TPSA) is 64.6 Å². The molecule has 5 heteroatoms. The molecule has 0 saturated carbocycles. The van der Waals surface area contributed by atoms with E-state index < -0.39 is 12.1 Å². The minimum absolute atomic E-state index is 0.385. The highest BCUT2D eigenvalue weighted by Crippen LogP contribution is 2.14. The molecule has 0 fully saturated rings. The van der Waals surface area contributed by atoms with E-state index >= 15 is 0 Å². The van der Waals surface area contributed by atoms with Crippen LogP contribution in [0.25, 0.3) is 6.08 Å². The van der Waals surface area contributed by atoms with Crippen molar-refractivity contribution in [2.45, 2.75) is 13.0 Å². The van der Waals surface area contributed by atoms with Crippen molar-refractivity contribution >= 4 is 23.6 Å². The average Bonchev–Trinajstić information content (AvgIpc) is 2.61. The molecule has 2 rings (SSSR count). The van der Waals surface area contributed by atoms with Crippen LogP contribution in [0.4, 0.5) is 5.69 Å². The van der Waals surface area contributed by atoms with Crippen LogP contribution in [0.3, 0.4) is 0 Å². The molecule has 124 valence electrons. The zero-order chi connectivity index (χ0) is 17.4. The van der Waals surface area contributed by atoms with Gasteiger partial charge in [0.1, 0.15) is 5.75 Å². The Morgan fingerprint density at radius 3 is 2.54 bits per heavy atom. The molecule has 0 spiro atoms. The van der Waals surface area contributed by atoms with E-state index in [9.17, 15) is 9.59 Å². The molecule has 0 aromatic heterocycles. The van der Waals surface area contributed by atoms with Gasteiger partial charge >= 0.3 is 5.97 Å². The highest BCUT2D eigenvalue weighted by molar-refractivity contribution is 5.96. The Morgan fingerprint density at radius 2 is 1.83 bits per heavy atom. The van der Waals surface area contributed by atoms with Crippen molar-refractivity contribution in [2.75, 3.05) is 12.4 Å². The molecule has 0 bridgehead atoms. The zero-order valence-corrected chi connectivity index (χ0v) is 13.6. The van der Waals surface area contributed by atoms with Gasteiger partial charge in [-0.25, -0.2) is 4.79 Å². The van der Waals surface area contributed by atoms with Crippen LogP contribution in [0.15, 0.2) is 60.7 Å². The second kappa shape index (κ2) is 8.53. The average molecular weight is 325 g/mol. The molecular formula is C19H19NO4. The first kappa shape index (κ1) is 17.3. The molecule has 2 aromatic rings. The summed E-state index contributed by atoms with van der Waals surface area (Å²) in [6.07, 6.45) is 1.99. The number of methoxy groups -OCH3 is 1. The standard InChI is InChI=1S/C19H19NO4/c1-14(19(22)20-16-8-4-3-5-9-16)24-18(21)12-11-15-7-6-10-17(13-15)23-2/h3-14H,1-2H3,(H,20,22)/b12-11+. The van der Waals surface area contributed by atoms with Crippen LogP contribution in [0.1, 0.15) is 12.5 Å². The summed E-state index contributed by atoms with van der Waals surface area (Å²) >= 11 is 0. The van der Waals surface area contributed by atoms with Crippen LogP contribution in [-0.2, 0) is 14.3 Å². The lowest BCUT2D eigenvalue weighted by molar-refractivity contribution is -0.148. The molecule has 24 heavy (non-hydrogen) atoms. The number of benzene rings is 2. The molecule has 1 N–H and O–H groups in total.